The molecule has 1 aliphatic heterocycles. The van der Waals surface area contributed by atoms with Crippen LogP contribution in [0.5, 0.6) is 5.75 Å². The van der Waals surface area contributed by atoms with Gasteiger partial charge in [0, 0.05) is 12.6 Å². The molecule has 20 heavy (non-hydrogen) atoms. The van der Waals surface area contributed by atoms with Crippen LogP contribution in [0.25, 0.3) is 0 Å². The Hall–Kier alpha value is -1.46. The van der Waals surface area contributed by atoms with Crippen molar-refractivity contribution < 1.29 is 5.11 Å². The molecular weight excluding hydrogens is 246 g/mol. The van der Waals surface area contributed by atoms with Gasteiger partial charge in [-0.25, -0.2) is 0 Å². The van der Waals surface area contributed by atoms with Gasteiger partial charge in [-0.05, 0) is 54.4 Å². The van der Waals surface area contributed by atoms with Crippen molar-refractivity contribution in [1.82, 2.24) is 4.90 Å². The molecule has 1 heterocycles. The maximum absolute atomic E-state index is 9.83. The van der Waals surface area contributed by atoms with Crippen LogP contribution in [0.15, 0.2) is 18.2 Å². The fourth-order valence-electron chi connectivity index (χ4n) is 4.07. The van der Waals surface area contributed by atoms with Gasteiger partial charge in [-0.15, -0.1) is 5.92 Å². The van der Waals surface area contributed by atoms with Crippen LogP contribution in [0.1, 0.15) is 38.3 Å². The molecule has 1 aliphatic carbocycles. The molecule has 0 saturated carbocycles. The third kappa shape index (κ3) is 1.93. The number of hydrogen-bond acceptors (Lipinski definition) is 2. The highest BCUT2D eigenvalue weighted by Gasteiger charge is 2.48. The Kier molecular flexibility index (Phi) is 3.26. The van der Waals surface area contributed by atoms with E-state index in [0.29, 0.717) is 17.7 Å². The third-order valence-electron chi connectivity index (χ3n) is 5.57. The highest BCUT2D eigenvalue weighted by molar-refractivity contribution is 5.44. The first-order valence-corrected chi connectivity index (χ1v) is 7.52. The van der Waals surface area contributed by atoms with Crippen molar-refractivity contribution in [1.29, 1.82) is 0 Å². The fraction of sp³-hybridized carbons (Fsp3) is 0.556. The number of phenolic OH excluding ortho intramolecular Hbond substituents is 1. The van der Waals surface area contributed by atoms with Crippen molar-refractivity contribution in [2.24, 2.45) is 5.92 Å². The van der Waals surface area contributed by atoms with E-state index in [1.807, 2.05) is 19.1 Å². The molecule has 1 aromatic rings. The maximum Gasteiger partial charge on any atom is 0.115 e. The molecule has 106 valence electrons. The molecule has 0 unspecified atom stereocenters. The van der Waals surface area contributed by atoms with E-state index in [1.54, 1.807) is 0 Å². The minimum atomic E-state index is 0.188. The van der Waals surface area contributed by atoms with E-state index >= 15 is 0 Å². The molecule has 0 amide bonds. The van der Waals surface area contributed by atoms with Crippen LogP contribution in [0.4, 0.5) is 0 Å². The van der Waals surface area contributed by atoms with Crippen LogP contribution in [-0.2, 0) is 11.8 Å². The minimum absolute atomic E-state index is 0.188. The van der Waals surface area contributed by atoms with Gasteiger partial charge >= 0.3 is 0 Å². The van der Waals surface area contributed by atoms with Crippen LogP contribution in [0.2, 0.25) is 0 Å². The van der Waals surface area contributed by atoms with Crippen LogP contribution in [0, 0.1) is 17.8 Å². The number of aromatic hydroxyl groups is 1. The Morgan fingerprint density at radius 1 is 1.45 bits per heavy atom. The molecule has 2 heteroatoms. The van der Waals surface area contributed by atoms with Crippen LogP contribution >= 0.6 is 0 Å². The Bertz CT molecular complexity index is 583. The lowest BCUT2D eigenvalue weighted by Gasteiger charge is -2.54. The van der Waals surface area contributed by atoms with Gasteiger partial charge in [-0.2, -0.15) is 0 Å². The van der Waals surface area contributed by atoms with Gasteiger partial charge in [0.05, 0.1) is 6.54 Å². The van der Waals surface area contributed by atoms with Crippen molar-refractivity contribution in [3.8, 4) is 17.6 Å². The summed E-state index contributed by atoms with van der Waals surface area (Å²) >= 11 is 0. The number of hydrogen-bond donors (Lipinski definition) is 1. The summed E-state index contributed by atoms with van der Waals surface area (Å²) in [5.41, 5.74) is 2.96. The van der Waals surface area contributed by atoms with Crippen molar-refractivity contribution in [2.75, 3.05) is 13.1 Å². The van der Waals surface area contributed by atoms with Gasteiger partial charge in [-0.1, -0.05) is 25.8 Å². The zero-order valence-corrected chi connectivity index (χ0v) is 12.6. The second-order valence-corrected chi connectivity index (χ2v) is 6.47. The van der Waals surface area contributed by atoms with Crippen molar-refractivity contribution in [2.45, 2.75) is 45.1 Å². The van der Waals surface area contributed by atoms with Crippen LogP contribution in [0.3, 0.4) is 0 Å². The highest BCUT2D eigenvalue weighted by atomic mass is 16.3. The zero-order valence-electron chi connectivity index (χ0n) is 12.6. The van der Waals surface area contributed by atoms with Crippen molar-refractivity contribution in [3.63, 3.8) is 0 Å². The second-order valence-electron chi connectivity index (χ2n) is 6.47. The molecule has 2 nitrogen and oxygen atoms in total. The first-order chi connectivity index (χ1) is 9.56. The lowest BCUT2D eigenvalue weighted by molar-refractivity contribution is 0.0412. The SMILES string of the molecule is CC#CCN1CC[C@]2(C)c3cc(O)ccc3C[C@H]1[C@H]2C. The third-order valence-corrected chi connectivity index (χ3v) is 5.57. The summed E-state index contributed by atoms with van der Waals surface area (Å²) in [7, 11) is 0. The summed E-state index contributed by atoms with van der Waals surface area (Å²) in [5.74, 6) is 7.24. The van der Waals surface area contributed by atoms with Gasteiger partial charge in [0.25, 0.3) is 0 Å². The molecule has 3 atom stereocenters. The molecular formula is C18H23NO. The van der Waals surface area contributed by atoms with E-state index in [2.05, 4.69) is 36.7 Å². The molecule has 1 N–H and O–H groups in total. The average molecular weight is 269 g/mol. The van der Waals surface area contributed by atoms with Gasteiger partial charge in [0.2, 0.25) is 0 Å². The van der Waals surface area contributed by atoms with E-state index < -0.39 is 0 Å². The number of phenols is 1. The summed E-state index contributed by atoms with van der Waals surface area (Å²) in [6, 6.07) is 6.50. The summed E-state index contributed by atoms with van der Waals surface area (Å²) in [5, 5.41) is 9.83. The number of fused-ring (bicyclic) bond motifs is 4. The van der Waals surface area contributed by atoms with Crippen molar-refractivity contribution >= 4 is 0 Å². The van der Waals surface area contributed by atoms with Crippen molar-refractivity contribution in [3.05, 3.63) is 29.3 Å². The highest BCUT2D eigenvalue weighted by Crippen LogP contribution is 2.49. The molecule has 0 aromatic heterocycles. The lowest BCUT2D eigenvalue weighted by atomic mass is 9.59. The monoisotopic (exact) mass is 269 g/mol. The Labute approximate surface area is 121 Å². The van der Waals surface area contributed by atoms with E-state index in [4.69, 9.17) is 0 Å². The number of nitrogens with zero attached hydrogens (tertiary/aromatic N) is 1. The molecule has 3 rings (SSSR count). The normalized spacial score (nSPS) is 32.1. The molecule has 1 saturated heterocycles. The fourth-order valence-corrected chi connectivity index (χ4v) is 4.07. The Morgan fingerprint density at radius 2 is 2.25 bits per heavy atom. The van der Waals surface area contributed by atoms with E-state index in [1.165, 1.54) is 11.1 Å². The topological polar surface area (TPSA) is 23.5 Å². The Morgan fingerprint density at radius 3 is 3.00 bits per heavy atom. The summed E-state index contributed by atoms with van der Waals surface area (Å²) in [6.45, 7) is 8.63. The predicted molar refractivity (Wildman–Crippen MR) is 81.8 cm³/mol. The molecule has 2 aliphatic rings. The largest absolute Gasteiger partial charge is 0.508 e. The summed E-state index contributed by atoms with van der Waals surface area (Å²) in [6.07, 6.45) is 2.23. The maximum atomic E-state index is 9.83. The number of piperidine rings is 1. The molecule has 0 spiro atoms. The van der Waals surface area contributed by atoms with Crippen LogP contribution in [-0.4, -0.2) is 29.1 Å². The molecule has 1 fully saturated rings. The van der Waals surface area contributed by atoms with E-state index in [9.17, 15) is 5.11 Å². The van der Waals surface area contributed by atoms with Gasteiger partial charge in [-0.3, -0.25) is 4.90 Å². The standard InChI is InChI=1S/C18H23NO/c1-4-5-9-19-10-8-18(3)13(2)17(19)11-14-6-7-15(20)12-16(14)18/h6-7,12-13,17,20H,8-11H2,1-3H3/t13-,17+,18+/m1/s1. The summed E-state index contributed by atoms with van der Waals surface area (Å²) in [4.78, 5) is 2.54. The van der Waals surface area contributed by atoms with Gasteiger partial charge in [0.15, 0.2) is 0 Å². The van der Waals surface area contributed by atoms with E-state index in [-0.39, 0.29) is 5.41 Å². The van der Waals surface area contributed by atoms with Crippen LogP contribution < -0.4 is 0 Å². The quantitative estimate of drug-likeness (QED) is 0.792. The molecule has 2 bridgehead atoms. The number of likely N-dealkylation sites (tertiary alicyclic amines) is 1. The minimum Gasteiger partial charge on any atom is -0.508 e. The average Bonchev–Trinajstić information content (AvgIpc) is 2.43. The predicted octanol–water partition coefficient (Wildman–Crippen LogP) is 2.94. The number of benzene rings is 1. The number of rotatable bonds is 1. The first kappa shape index (κ1) is 13.5. The first-order valence-electron chi connectivity index (χ1n) is 7.52. The Balaban J connectivity index is 2.01. The zero-order chi connectivity index (χ0) is 14.3. The molecule has 0 radical (unpaired) electrons. The van der Waals surface area contributed by atoms with E-state index in [0.717, 1.165) is 25.9 Å². The summed E-state index contributed by atoms with van der Waals surface area (Å²) < 4.78 is 0. The molecule has 1 aromatic carbocycles. The van der Waals surface area contributed by atoms with Gasteiger partial charge in [0.1, 0.15) is 5.75 Å². The smallest absolute Gasteiger partial charge is 0.115 e. The second kappa shape index (κ2) is 4.82. The van der Waals surface area contributed by atoms with Gasteiger partial charge < -0.3 is 5.11 Å². The lowest BCUT2D eigenvalue weighted by Crippen LogP contribution is -2.57.